The van der Waals surface area contributed by atoms with Crippen molar-refractivity contribution in [2.45, 2.75) is 13.8 Å². The summed E-state index contributed by atoms with van der Waals surface area (Å²) in [5.41, 5.74) is 1.27. The Balaban J connectivity index is 0.00000144. The molecular formula is C11H16CaO. The van der Waals surface area contributed by atoms with Gasteiger partial charge in [-0.2, -0.15) is 0 Å². The first kappa shape index (κ1) is 13.1. The van der Waals surface area contributed by atoms with E-state index in [4.69, 9.17) is 0 Å². The Kier molecular flexibility index (Phi) is 6.66. The van der Waals surface area contributed by atoms with E-state index >= 15 is 0 Å². The van der Waals surface area contributed by atoms with Gasteiger partial charge in [-0.05, 0) is 11.5 Å². The first-order chi connectivity index (χ1) is 5.74. The first-order valence-electron chi connectivity index (χ1n) is 4.26. The summed E-state index contributed by atoms with van der Waals surface area (Å²) in [4.78, 5) is 10.5. The molecule has 1 rings (SSSR count). The van der Waals surface area contributed by atoms with Gasteiger partial charge < -0.3 is 4.79 Å². The van der Waals surface area contributed by atoms with Crippen molar-refractivity contribution in [3.05, 3.63) is 36.0 Å². The zero-order valence-electron chi connectivity index (χ0n) is 7.53. The summed E-state index contributed by atoms with van der Waals surface area (Å²) in [5, 5.41) is 0. The monoisotopic (exact) mass is 204 g/mol. The normalized spacial score (nSPS) is 20.5. The second-order valence-electron chi connectivity index (χ2n) is 3.28. The second-order valence-corrected chi connectivity index (χ2v) is 3.28. The molecule has 0 aromatic rings. The van der Waals surface area contributed by atoms with Crippen LogP contribution in [-0.2, 0) is 4.79 Å². The zero-order valence-corrected chi connectivity index (χ0v) is 7.53. The standard InChI is InChI=1S/C11H14O.Ca.2H/c1-9(2)11-5-3-4-10(8-12)6-7-11;;;/h3-10H,1-2H3;;;. The molecule has 1 atom stereocenters. The van der Waals surface area contributed by atoms with Gasteiger partial charge in [-0.3, -0.25) is 0 Å². The Morgan fingerprint density at radius 3 is 2.62 bits per heavy atom. The fourth-order valence-corrected chi connectivity index (χ4v) is 1.11. The van der Waals surface area contributed by atoms with Gasteiger partial charge in [-0.25, -0.2) is 0 Å². The molecule has 1 unspecified atom stereocenters. The van der Waals surface area contributed by atoms with Crippen molar-refractivity contribution in [1.82, 2.24) is 0 Å². The molecule has 1 aliphatic rings. The fraction of sp³-hybridized carbons (Fsp3) is 0.364. The number of hydrogen-bond donors (Lipinski definition) is 0. The van der Waals surface area contributed by atoms with Gasteiger partial charge in [0.1, 0.15) is 6.29 Å². The summed E-state index contributed by atoms with van der Waals surface area (Å²) in [6.07, 6.45) is 10.8. The van der Waals surface area contributed by atoms with E-state index in [2.05, 4.69) is 19.9 Å². The van der Waals surface area contributed by atoms with E-state index < -0.39 is 0 Å². The van der Waals surface area contributed by atoms with E-state index in [-0.39, 0.29) is 43.7 Å². The first-order valence-corrected chi connectivity index (χ1v) is 4.26. The van der Waals surface area contributed by atoms with Gasteiger partial charge in [-0.15, -0.1) is 0 Å². The Morgan fingerprint density at radius 1 is 1.38 bits per heavy atom. The van der Waals surface area contributed by atoms with Gasteiger partial charge in [0.05, 0.1) is 5.92 Å². The van der Waals surface area contributed by atoms with Crippen molar-refractivity contribution in [2.24, 2.45) is 11.8 Å². The van der Waals surface area contributed by atoms with Crippen LogP contribution in [0.1, 0.15) is 13.8 Å². The molecular weight excluding hydrogens is 188 g/mol. The molecule has 2 heteroatoms. The van der Waals surface area contributed by atoms with Gasteiger partial charge >= 0.3 is 37.7 Å². The molecule has 13 heavy (non-hydrogen) atoms. The van der Waals surface area contributed by atoms with Crippen molar-refractivity contribution in [1.29, 1.82) is 0 Å². The quantitative estimate of drug-likeness (QED) is 0.493. The number of rotatable bonds is 2. The van der Waals surface area contributed by atoms with Crippen molar-refractivity contribution >= 4 is 44.0 Å². The average molecular weight is 204 g/mol. The predicted molar refractivity (Wildman–Crippen MR) is 59.3 cm³/mol. The van der Waals surface area contributed by atoms with Crippen molar-refractivity contribution in [3.8, 4) is 0 Å². The maximum absolute atomic E-state index is 10.5. The Hall–Kier alpha value is 0.150. The molecule has 0 aliphatic heterocycles. The Morgan fingerprint density at radius 2 is 2.08 bits per heavy atom. The number of aldehydes is 1. The van der Waals surface area contributed by atoms with Crippen LogP contribution in [0.2, 0.25) is 0 Å². The molecule has 68 valence electrons. The Labute approximate surface area is 110 Å². The van der Waals surface area contributed by atoms with Gasteiger partial charge in [-0.1, -0.05) is 44.2 Å². The van der Waals surface area contributed by atoms with Gasteiger partial charge in [0.15, 0.2) is 0 Å². The van der Waals surface area contributed by atoms with Gasteiger partial charge in [0, 0.05) is 0 Å². The van der Waals surface area contributed by atoms with Crippen LogP contribution in [0.3, 0.4) is 0 Å². The summed E-state index contributed by atoms with van der Waals surface area (Å²) < 4.78 is 0. The van der Waals surface area contributed by atoms with E-state index in [9.17, 15) is 4.79 Å². The number of carbonyl (C=O) groups is 1. The summed E-state index contributed by atoms with van der Waals surface area (Å²) in [6.45, 7) is 4.29. The summed E-state index contributed by atoms with van der Waals surface area (Å²) in [7, 11) is 0. The molecule has 0 amide bonds. The maximum atomic E-state index is 10.5. The van der Waals surface area contributed by atoms with Crippen LogP contribution in [0.5, 0.6) is 0 Å². The molecule has 0 aromatic carbocycles. The SMILES string of the molecule is CC(C)C1=CC=CC(C=O)C=C1.[CaH2]. The number of hydrogen-bond acceptors (Lipinski definition) is 1. The third-order valence-corrected chi connectivity index (χ3v) is 1.96. The van der Waals surface area contributed by atoms with E-state index in [0.717, 1.165) is 6.29 Å². The van der Waals surface area contributed by atoms with E-state index in [1.54, 1.807) is 0 Å². The molecule has 1 aliphatic carbocycles. The van der Waals surface area contributed by atoms with Crippen molar-refractivity contribution < 1.29 is 4.79 Å². The second kappa shape index (κ2) is 6.58. The molecule has 0 radical (unpaired) electrons. The summed E-state index contributed by atoms with van der Waals surface area (Å²) in [5.74, 6) is 0.480. The third kappa shape index (κ3) is 4.26. The average Bonchev–Trinajstić information content (AvgIpc) is 2.28. The minimum absolute atomic E-state index is 0. The van der Waals surface area contributed by atoms with Crippen LogP contribution < -0.4 is 0 Å². The predicted octanol–water partition coefficient (Wildman–Crippen LogP) is 1.59. The molecule has 1 nitrogen and oxygen atoms in total. The molecule has 0 spiro atoms. The summed E-state index contributed by atoms with van der Waals surface area (Å²) >= 11 is 0. The molecule has 0 fully saturated rings. The molecule has 0 saturated carbocycles. The topological polar surface area (TPSA) is 17.1 Å². The molecule has 0 N–H and O–H groups in total. The number of carbonyl (C=O) groups excluding carboxylic acids is 1. The van der Waals surface area contributed by atoms with Crippen LogP contribution in [0.15, 0.2) is 36.0 Å². The van der Waals surface area contributed by atoms with Gasteiger partial charge in [0.2, 0.25) is 0 Å². The minimum atomic E-state index is -0.0440. The Bertz CT molecular complexity index is 249. The fourth-order valence-electron chi connectivity index (χ4n) is 1.11. The molecule has 0 bridgehead atoms. The van der Waals surface area contributed by atoms with Crippen LogP contribution in [0.4, 0.5) is 0 Å². The van der Waals surface area contributed by atoms with Crippen molar-refractivity contribution in [3.63, 3.8) is 0 Å². The van der Waals surface area contributed by atoms with Crippen LogP contribution in [-0.4, -0.2) is 44.0 Å². The zero-order chi connectivity index (χ0) is 8.97. The van der Waals surface area contributed by atoms with E-state index in [1.807, 2.05) is 24.3 Å². The van der Waals surface area contributed by atoms with Crippen molar-refractivity contribution in [2.75, 3.05) is 0 Å². The molecule has 0 aromatic heterocycles. The van der Waals surface area contributed by atoms with Crippen LogP contribution >= 0.6 is 0 Å². The number of allylic oxidation sites excluding steroid dienone is 6. The molecule has 0 saturated heterocycles. The van der Waals surface area contributed by atoms with Crippen LogP contribution in [0.25, 0.3) is 0 Å². The molecule has 0 heterocycles. The van der Waals surface area contributed by atoms with E-state index in [1.165, 1.54) is 5.57 Å². The van der Waals surface area contributed by atoms with Gasteiger partial charge in [0.25, 0.3) is 0 Å². The summed E-state index contributed by atoms with van der Waals surface area (Å²) in [6, 6.07) is 0. The third-order valence-electron chi connectivity index (χ3n) is 1.96. The van der Waals surface area contributed by atoms with E-state index in [0.29, 0.717) is 5.92 Å². The van der Waals surface area contributed by atoms with Crippen LogP contribution in [0, 0.1) is 11.8 Å².